The number of aromatic nitrogens is 2. The maximum absolute atomic E-state index is 12.1. The number of hydrogen-bond acceptors (Lipinski definition) is 3. The molecule has 2 rings (SSSR count). The largest absolute Gasteiger partial charge is 0.389 e. The van der Waals surface area contributed by atoms with Gasteiger partial charge in [-0.25, -0.2) is 4.98 Å². The number of imidazole rings is 1. The van der Waals surface area contributed by atoms with Gasteiger partial charge in [0, 0.05) is 30.1 Å². The molecule has 6 heteroatoms. The normalized spacial score (nSPS) is 10.3. The number of carbonyl (C=O) groups excluding carboxylic acids is 1. The molecular weight excluding hydrogens is 284 g/mol. The SMILES string of the molecule is CCCc1nccn1CC(=O)Nc1cccc(C(N)=S)c1. The Morgan fingerprint density at radius 2 is 2.29 bits per heavy atom. The highest BCUT2D eigenvalue weighted by Crippen LogP contribution is 2.11. The van der Waals surface area contributed by atoms with Crippen LogP contribution < -0.4 is 11.1 Å². The summed E-state index contributed by atoms with van der Waals surface area (Å²) >= 11 is 4.93. The molecule has 1 heterocycles. The Labute approximate surface area is 129 Å². The molecule has 0 saturated carbocycles. The molecule has 1 aromatic carbocycles. The summed E-state index contributed by atoms with van der Waals surface area (Å²) < 4.78 is 1.86. The second kappa shape index (κ2) is 6.99. The van der Waals surface area contributed by atoms with Crippen molar-refractivity contribution in [1.29, 1.82) is 0 Å². The molecule has 0 aliphatic carbocycles. The van der Waals surface area contributed by atoms with E-state index < -0.39 is 0 Å². The molecule has 0 spiro atoms. The summed E-state index contributed by atoms with van der Waals surface area (Å²) in [6, 6.07) is 7.19. The van der Waals surface area contributed by atoms with Crippen molar-refractivity contribution in [3.63, 3.8) is 0 Å². The lowest BCUT2D eigenvalue weighted by molar-refractivity contribution is -0.116. The van der Waals surface area contributed by atoms with Crippen LogP contribution in [0.25, 0.3) is 0 Å². The molecule has 3 N–H and O–H groups in total. The van der Waals surface area contributed by atoms with E-state index in [4.69, 9.17) is 18.0 Å². The van der Waals surface area contributed by atoms with Crippen LogP contribution in [0.2, 0.25) is 0 Å². The summed E-state index contributed by atoms with van der Waals surface area (Å²) in [5.74, 6) is 0.815. The number of nitrogens with one attached hydrogen (secondary N) is 1. The second-order valence-corrected chi connectivity index (χ2v) is 5.15. The molecule has 0 aliphatic rings. The number of aryl methyl sites for hydroxylation is 1. The highest BCUT2D eigenvalue weighted by Gasteiger charge is 2.08. The first-order valence-corrected chi connectivity index (χ1v) is 7.20. The predicted molar refractivity (Wildman–Crippen MR) is 87.2 cm³/mol. The maximum Gasteiger partial charge on any atom is 0.244 e. The van der Waals surface area contributed by atoms with E-state index in [0.717, 1.165) is 24.2 Å². The number of anilines is 1. The highest BCUT2D eigenvalue weighted by molar-refractivity contribution is 7.80. The Morgan fingerprint density at radius 3 is 3.00 bits per heavy atom. The quantitative estimate of drug-likeness (QED) is 0.802. The zero-order valence-corrected chi connectivity index (χ0v) is 12.7. The molecule has 1 amide bonds. The number of thiocarbonyl (C=S) groups is 1. The Morgan fingerprint density at radius 1 is 1.48 bits per heavy atom. The minimum atomic E-state index is -0.106. The van der Waals surface area contributed by atoms with Crippen molar-refractivity contribution in [3.8, 4) is 0 Å². The predicted octanol–water partition coefficient (Wildman–Crippen LogP) is 2.11. The summed E-state index contributed by atoms with van der Waals surface area (Å²) in [7, 11) is 0. The molecule has 1 aromatic heterocycles. The molecular formula is C15H18N4OS. The van der Waals surface area contributed by atoms with Gasteiger partial charge in [-0.15, -0.1) is 0 Å². The van der Waals surface area contributed by atoms with Gasteiger partial charge < -0.3 is 15.6 Å². The van der Waals surface area contributed by atoms with Gasteiger partial charge in [0.2, 0.25) is 5.91 Å². The number of hydrogen-bond donors (Lipinski definition) is 2. The van der Waals surface area contributed by atoms with E-state index in [1.54, 1.807) is 18.3 Å². The lowest BCUT2D eigenvalue weighted by Crippen LogP contribution is -2.20. The van der Waals surface area contributed by atoms with Crippen molar-refractivity contribution in [3.05, 3.63) is 48.0 Å². The Hall–Kier alpha value is -2.21. The van der Waals surface area contributed by atoms with Gasteiger partial charge in [0.05, 0.1) is 0 Å². The monoisotopic (exact) mass is 302 g/mol. The Bertz CT molecular complexity index is 651. The molecule has 2 aromatic rings. The third-order valence-corrected chi connectivity index (χ3v) is 3.26. The fourth-order valence-electron chi connectivity index (χ4n) is 2.04. The fraction of sp³-hybridized carbons (Fsp3) is 0.267. The van der Waals surface area contributed by atoms with Crippen molar-refractivity contribution in [2.75, 3.05) is 5.32 Å². The summed E-state index contributed by atoms with van der Waals surface area (Å²) in [6.07, 6.45) is 5.38. The van der Waals surface area contributed by atoms with E-state index in [0.29, 0.717) is 10.7 Å². The van der Waals surface area contributed by atoms with Crippen molar-refractivity contribution < 1.29 is 4.79 Å². The standard InChI is InChI=1S/C15H18N4OS/c1-2-4-13-17-7-8-19(13)10-14(20)18-12-6-3-5-11(9-12)15(16)21/h3,5-9H,2,4,10H2,1H3,(H2,16,21)(H,18,20). The van der Waals surface area contributed by atoms with Gasteiger partial charge in [0.15, 0.2) is 0 Å². The molecule has 0 saturated heterocycles. The van der Waals surface area contributed by atoms with Crippen LogP contribution in [-0.4, -0.2) is 20.4 Å². The van der Waals surface area contributed by atoms with E-state index >= 15 is 0 Å². The van der Waals surface area contributed by atoms with Crippen LogP contribution >= 0.6 is 12.2 Å². The van der Waals surface area contributed by atoms with Crippen LogP contribution in [-0.2, 0) is 17.8 Å². The minimum absolute atomic E-state index is 0.106. The van der Waals surface area contributed by atoms with E-state index in [-0.39, 0.29) is 12.5 Å². The van der Waals surface area contributed by atoms with Crippen molar-refractivity contribution in [1.82, 2.24) is 9.55 Å². The van der Waals surface area contributed by atoms with Gasteiger partial charge >= 0.3 is 0 Å². The minimum Gasteiger partial charge on any atom is -0.389 e. The van der Waals surface area contributed by atoms with Crippen LogP contribution in [0, 0.1) is 0 Å². The molecule has 0 fully saturated rings. The zero-order valence-electron chi connectivity index (χ0n) is 11.9. The number of rotatable bonds is 6. The maximum atomic E-state index is 12.1. The van der Waals surface area contributed by atoms with E-state index in [1.165, 1.54) is 0 Å². The summed E-state index contributed by atoms with van der Waals surface area (Å²) in [6.45, 7) is 2.33. The molecule has 21 heavy (non-hydrogen) atoms. The van der Waals surface area contributed by atoms with Crippen molar-refractivity contribution in [2.45, 2.75) is 26.3 Å². The van der Waals surface area contributed by atoms with Crippen LogP contribution in [0.15, 0.2) is 36.7 Å². The van der Waals surface area contributed by atoms with Crippen LogP contribution in [0.4, 0.5) is 5.69 Å². The summed E-state index contributed by atoms with van der Waals surface area (Å²) in [5.41, 5.74) is 7.00. The van der Waals surface area contributed by atoms with Gasteiger partial charge in [-0.2, -0.15) is 0 Å². The lowest BCUT2D eigenvalue weighted by atomic mass is 10.2. The van der Waals surface area contributed by atoms with Gasteiger partial charge in [0.25, 0.3) is 0 Å². The topological polar surface area (TPSA) is 72.9 Å². The molecule has 0 aliphatic heterocycles. The highest BCUT2D eigenvalue weighted by atomic mass is 32.1. The second-order valence-electron chi connectivity index (χ2n) is 4.71. The first kappa shape index (κ1) is 15.2. The Balaban J connectivity index is 2.03. The van der Waals surface area contributed by atoms with E-state index in [1.807, 2.05) is 22.9 Å². The summed E-state index contributed by atoms with van der Waals surface area (Å²) in [4.78, 5) is 16.7. The van der Waals surface area contributed by atoms with Crippen molar-refractivity contribution >= 4 is 28.8 Å². The number of amides is 1. The average Bonchev–Trinajstić information content (AvgIpc) is 2.86. The van der Waals surface area contributed by atoms with Gasteiger partial charge in [-0.05, 0) is 18.6 Å². The van der Waals surface area contributed by atoms with Crippen LogP contribution in [0.1, 0.15) is 24.7 Å². The molecule has 110 valence electrons. The van der Waals surface area contributed by atoms with E-state index in [2.05, 4.69) is 17.2 Å². The van der Waals surface area contributed by atoms with Gasteiger partial charge in [0.1, 0.15) is 17.4 Å². The molecule has 0 bridgehead atoms. The van der Waals surface area contributed by atoms with Crippen LogP contribution in [0.5, 0.6) is 0 Å². The number of nitrogens with two attached hydrogens (primary N) is 1. The number of benzene rings is 1. The molecule has 0 unspecified atom stereocenters. The molecule has 0 atom stereocenters. The third-order valence-electron chi connectivity index (χ3n) is 3.02. The summed E-state index contributed by atoms with van der Waals surface area (Å²) in [5, 5.41) is 2.84. The number of carbonyl (C=O) groups is 1. The first-order chi connectivity index (χ1) is 10.1. The van der Waals surface area contributed by atoms with E-state index in [9.17, 15) is 4.79 Å². The van der Waals surface area contributed by atoms with Crippen LogP contribution in [0.3, 0.4) is 0 Å². The Kier molecular flexibility index (Phi) is 5.05. The smallest absolute Gasteiger partial charge is 0.244 e. The number of nitrogens with zero attached hydrogens (tertiary/aromatic N) is 2. The molecule has 0 radical (unpaired) electrons. The van der Waals surface area contributed by atoms with Crippen molar-refractivity contribution in [2.24, 2.45) is 5.73 Å². The average molecular weight is 302 g/mol. The van der Waals surface area contributed by atoms with Gasteiger partial charge in [-0.3, -0.25) is 4.79 Å². The zero-order chi connectivity index (χ0) is 15.2. The first-order valence-electron chi connectivity index (χ1n) is 6.80. The third kappa shape index (κ3) is 4.13. The molecule has 5 nitrogen and oxygen atoms in total. The van der Waals surface area contributed by atoms with Gasteiger partial charge in [-0.1, -0.05) is 31.3 Å². The lowest BCUT2D eigenvalue weighted by Gasteiger charge is -2.09. The fourth-order valence-corrected chi connectivity index (χ4v) is 2.17.